The van der Waals surface area contributed by atoms with Crippen molar-refractivity contribution in [3.05, 3.63) is 29.8 Å². The number of methoxy groups -OCH3 is 1. The average molecular weight is 300 g/mol. The van der Waals surface area contributed by atoms with Gasteiger partial charge in [-0.1, -0.05) is 35.0 Å². The summed E-state index contributed by atoms with van der Waals surface area (Å²) in [5.74, 6) is 0.617. The minimum Gasteiger partial charge on any atom is -0.496 e. The molecule has 3 nitrogen and oxygen atoms in total. The monoisotopic (exact) mass is 299 g/mol. The number of alkyl halides is 1. The largest absolute Gasteiger partial charge is 0.496 e. The predicted octanol–water partition coefficient (Wildman–Crippen LogP) is 2.94. The molecule has 0 aromatic heterocycles. The van der Waals surface area contributed by atoms with Crippen molar-refractivity contribution >= 4 is 21.8 Å². The smallest absolute Gasteiger partial charge is 0.257 e. The molecular weight excluding hydrogens is 282 g/mol. The summed E-state index contributed by atoms with van der Waals surface area (Å²) < 4.78 is 5.19. The fraction of sp³-hybridized carbons (Fsp3) is 0.462. The van der Waals surface area contributed by atoms with Crippen molar-refractivity contribution in [2.24, 2.45) is 0 Å². The Bertz CT molecular complexity index is 379. The van der Waals surface area contributed by atoms with Crippen molar-refractivity contribution in [2.75, 3.05) is 20.7 Å². The quantitative estimate of drug-likeness (QED) is 0.783. The Labute approximate surface area is 111 Å². The Morgan fingerprint density at radius 3 is 2.71 bits per heavy atom. The highest BCUT2D eigenvalue weighted by Crippen LogP contribution is 2.19. The highest BCUT2D eigenvalue weighted by atomic mass is 79.9. The van der Waals surface area contributed by atoms with E-state index in [-0.39, 0.29) is 5.91 Å². The van der Waals surface area contributed by atoms with E-state index in [1.54, 1.807) is 24.1 Å². The van der Waals surface area contributed by atoms with Gasteiger partial charge in [-0.3, -0.25) is 4.79 Å². The van der Waals surface area contributed by atoms with Gasteiger partial charge in [0.25, 0.3) is 5.91 Å². The number of halogens is 1. The number of carbonyl (C=O) groups excluding carboxylic acids is 1. The topological polar surface area (TPSA) is 29.5 Å². The summed E-state index contributed by atoms with van der Waals surface area (Å²) in [6.45, 7) is 2.80. The molecule has 0 saturated heterocycles. The molecule has 17 heavy (non-hydrogen) atoms. The minimum atomic E-state index is -0.00407. The van der Waals surface area contributed by atoms with Gasteiger partial charge in [-0.05, 0) is 18.6 Å². The summed E-state index contributed by atoms with van der Waals surface area (Å²) in [4.78, 5) is 14.3. The van der Waals surface area contributed by atoms with Gasteiger partial charge < -0.3 is 9.64 Å². The lowest BCUT2D eigenvalue weighted by Gasteiger charge is -2.19. The van der Waals surface area contributed by atoms with Gasteiger partial charge in [-0.15, -0.1) is 0 Å². The van der Waals surface area contributed by atoms with Crippen LogP contribution in [0.15, 0.2) is 24.3 Å². The molecule has 1 aromatic carbocycles. The fourth-order valence-electron chi connectivity index (χ4n) is 1.50. The second kappa shape index (κ2) is 6.64. The number of ether oxygens (including phenoxy) is 1. The standard InChI is InChI=1S/C13H18BrNO2/c1-10(14)8-9-15(2)13(16)11-6-4-5-7-12(11)17-3/h4-7,10H,8-9H2,1-3H3. The first kappa shape index (κ1) is 14.0. The number of rotatable bonds is 5. The molecule has 94 valence electrons. The van der Waals surface area contributed by atoms with Gasteiger partial charge in [0.15, 0.2) is 0 Å². The van der Waals surface area contributed by atoms with E-state index in [4.69, 9.17) is 4.74 Å². The van der Waals surface area contributed by atoms with Crippen LogP contribution in [0.25, 0.3) is 0 Å². The lowest BCUT2D eigenvalue weighted by atomic mass is 10.1. The number of nitrogens with zero attached hydrogens (tertiary/aromatic N) is 1. The molecule has 0 bridgehead atoms. The van der Waals surface area contributed by atoms with Crippen LogP contribution < -0.4 is 4.74 Å². The highest BCUT2D eigenvalue weighted by Gasteiger charge is 2.15. The zero-order valence-electron chi connectivity index (χ0n) is 10.4. The highest BCUT2D eigenvalue weighted by molar-refractivity contribution is 9.09. The third-order valence-corrected chi connectivity index (χ3v) is 3.00. The summed E-state index contributed by atoms with van der Waals surface area (Å²) in [5.41, 5.74) is 0.611. The Kier molecular flexibility index (Phi) is 5.48. The molecule has 1 aromatic rings. The van der Waals surface area contributed by atoms with Crippen molar-refractivity contribution < 1.29 is 9.53 Å². The van der Waals surface area contributed by atoms with Crippen LogP contribution in [-0.2, 0) is 0 Å². The third-order valence-electron chi connectivity index (χ3n) is 2.55. The lowest BCUT2D eigenvalue weighted by Crippen LogP contribution is -2.29. The fourth-order valence-corrected chi connectivity index (χ4v) is 1.70. The number of carbonyl (C=O) groups is 1. The van der Waals surface area contributed by atoms with Crippen molar-refractivity contribution in [3.8, 4) is 5.75 Å². The van der Waals surface area contributed by atoms with Crippen LogP contribution in [-0.4, -0.2) is 36.3 Å². The van der Waals surface area contributed by atoms with E-state index < -0.39 is 0 Å². The van der Waals surface area contributed by atoms with Crippen molar-refractivity contribution in [1.29, 1.82) is 0 Å². The molecule has 0 fully saturated rings. The van der Waals surface area contributed by atoms with Crippen LogP contribution in [0.1, 0.15) is 23.7 Å². The van der Waals surface area contributed by atoms with E-state index >= 15 is 0 Å². The molecule has 1 unspecified atom stereocenters. The second-order valence-corrected chi connectivity index (χ2v) is 5.56. The summed E-state index contributed by atoms with van der Waals surface area (Å²) in [7, 11) is 3.39. The molecule has 4 heteroatoms. The molecule has 0 aliphatic rings. The normalized spacial score (nSPS) is 12.0. The number of para-hydroxylation sites is 1. The zero-order chi connectivity index (χ0) is 12.8. The molecule has 0 radical (unpaired) electrons. The Hall–Kier alpha value is -1.03. The number of hydrogen-bond acceptors (Lipinski definition) is 2. The molecule has 0 heterocycles. The van der Waals surface area contributed by atoms with Crippen LogP contribution in [0.3, 0.4) is 0 Å². The minimum absolute atomic E-state index is 0.00407. The van der Waals surface area contributed by atoms with Gasteiger partial charge in [-0.25, -0.2) is 0 Å². The maximum atomic E-state index is 12.2. The van der Waals surface area contributed by atoms with Crippen LogP contribution in [0, 0.1) is 0 Å². The van der Waals surface area contributed by atoms with Crippen molar-refractivity contribution in [2.45, 2.75) is 18.2 Å². The lowest BCUT2D eigenvalue weighted by molar-refractivity contribution is 0.0790. The number of benzene rings is 1. The Balaban J connectivity index is 2.74. The molecular formula is C13H18BrNO2. The van der Waals surface area contributed by atoms with Crippen LogP contribution in [0.2, 0.25) is 0 Å². The second-order valence-electron chi connectivity index (χ2n) is 4.00. The molecule has 1 atom stereocenters. The summed E-state index contributed by atoms with van der Waals surface area (Å²) >= 11 is 3.47. The SMILES string of the molecule is COc1ccccc1C(=O)N(C)CCC(C)Br. The van der Waals surface area contributed by atoms with Crippen LogP contribution in [0.5, 0.6) is 5.75 Å². The molecule has 0 aliphatic heterocycles. The van der Waals surface area contributed by atoms with E-state index in [1.807, 2.05) is 19.2 Å². The van der Waals surface area contributed by atoms with E-state index in [1.165, 1.54) is 0 Å². The maximum absolute atomic E-state index is 12.2. The predicted molar refractivity (Wildman–Crippen MR) is 73.0 cm³/mol. The first-order chi connectivity index (χ1) is 8.06. The molecule has 0 spiro atoms. The van der Waals surface area contributed by atoms with E-state index in [2.05, 4.69) is 22.9 Å². The first-order valence-corrected chi connectivity index (χ1v) is 6.50. The van der Waals surface area contributed by atoms with Gasteiger partial charge in [0, 0.05) is 18.4 Å². The number of hydrogen-bond donors (Lipinski definition) is 0. The van der Waals surface area contributed by atoms with Crippen LogP contribution >= 0.6 is 15.9 Å². The molecule has 1 rings (SSSR count). The van der Waals surface area contributed by atoms with Gasteiger partial charge in [-0.2, -0.15) is 0 Å². The first-order valence-electron chi connectivity index (χ1n) is 5.58. The average Bonchev–Trinajstić information content (AvgIpc) is 2.34. The van der Waals surface area contributed by atoms with Crippen molar-refractivity contribution in [3.63, 3.8) is 0 Å². The Morgan fingerprint density at radius 1 is 1.47 bits per heavy atom. The summed E-state index contributed by atoms with van der Waals surface area (Å²) in [6, 6.07) is 7.29. The van der Waals surface area contributed by atoms with E-state index in [0.717, 1.165) is 13.0 Å². The van der Waals surface area contributed by atoms with E-state index in [0.29, 0.717) is 16.1 Å². The van der Waals surface area contributed by atoms with Gasteiger partial charge in [0.2, 0.25) is 0 Å². The molecule has 0 saturated carbocycles. The van der Waals surface area contributed by atoms with Crippen molar-refractivity contribution in [1.82, 2.24) is 4.90 Å². The molecule has 1 amide bonds. The Morgan fingerprint density at radius 2 is 2.12 bits per heavy atom. The zero-order valence-corrected chi connectivity index (χ0v) is 12.0. The third kappa shape index (κ3) is 4.04. The maximum Gasteiger partial charge on any atom is 0.257 e. The van der Waals surface area contributed by atoms with Crippen LogP contribution in [0.4, 0.5) is 0 Å². The van der Waals surface area contributed by atoms with E-state index in [9.17, 15) is 4.79 Å². The van der Waals surface area contributed by atoms with Gasteiger partial charge in [0.05, 0.1) is 12.7 Å². The summed E-state index contributed by atoms with van der Waals surface area (Å²) in [5, 5.41) is 0. The molecule has 0 aliphatic carbocycles. The number of amides is 1. The van der Waals surface area contributed by atoms with Gasteiger partial charge in [0.1, 0.15) is 5.75 Å². The van der Waals surface area contributed by atoms with Gasteiger partial charge >= 0.3 is 0 Å². The molecule has 0 N–H and O–H groups in total. The summed E-state index contributed by atoms with van der Waals surface area (Å²) in [6.07, 6.45) is 0.928.